The molecule has 1 heterocycles. The van der Waals surface area contributed by atoms with E-state index in [0.29, 0.717) is 12.5 Å². The van der Waals surface area contributed by atoms with Crippen molar-refractivity contribution < 1.29 is 14.4 Å². The van der Waals surface area contributed by atoms with Crippen LogP contribution in [0.25, 0.3) is 0 Å². The van der Waals surface area contributed by atoms with E-state index < -0.39 is 5.41 Å². The van der Waals surface area contributed by atoms with Gasteiger partial charge in [0, 0.05) is 19.6 Å². The first-order valence-electron chi connectivity index (χ1n) is 7.27. The zero-order chi connectivity index (χ0) is 15.2. The molecule has 1 aliphatic rings. The quantitative estimate of drug-likeness (QED) is 0.775. The summed E-state index contributed by atoms with van der Waals surface area (Å²) in [4.78, 5) is 28.2. The van der Waals surface area contributed by atoms with Gasteiger partial charge in [0.2, 0.25) is 5.91 Å². The third-order valence-corrected chi connectivity index (χ3v) is 3.46. The first-order chi connectivity index (χ1) is 9.32. The number of hydrogen-bond donors (Lipinski definition) is 2. The van der Waals surface area contributed by atoms with E-state index in [9.17, 15) is 9.59 Å². The maximum absolute atomic E-state index is 11.8. The second kappa shape index (κ2) is 7.59. The van der Waals surface area contributed by atoms with Gasteiger partial charge in [-0.3, -0.25) is 4.79 Å². The average Bonchev–Trinajstić information content (AvgIpc) is 2.39. The van der Waals surface area contributed by atoms with Gasteiger partial charge in [-0.05, 0) is 46.0 Å². The minimum Gasteiger partial charge on any atom is -0.367 e. The molecule has 0 bridgehead atoms. The molecular formula is C14H27N3O3. The fraction of sp³-hybridized carbons (Fsp3) is 0.857. The summed E-state index contributed by atoms with van der Waals surface area (Å²) in [6.45, 7) is 7.78. The molecule has 0 saturated carbocycles. The van der Waals surface area contributed by atoms with Crippen LogP contribution in [0.3, 0.4) is 0 Å². The Hall–Kier alpha value is -1.14. The van der Waals surface area contributed by atoms with Gasteiger partial charge in [0.1, 0.15) is 0 Å². The Kier molecular flexibility index (Phi) is 6.42. The Morgan fingerprint density at radius 3 is 2.40 bits per heavy atom. The fourth-order valence-corrected chi connectivity index (χ4v) is 2.03. The maximum Gasteiger partial charge on any atom is 0.330 e. The van der Waals surface area contributed by atoms with Crippen LogP contribution in [0.2, 0.25) is 0 Å². The normalized spacial score (nSPS) is 17.8. The number of hydrogen-bond acceptors (Lipinski definition) is 5. The van der Waals surface area contributed by atoms with E-state index in [1.165, 1.54) is 0 Å². The SMILES string of the molecule is CC(C)(C)C(=O)ON1CCC(CCNC(=O)CN)CC1. The van der Waals surface area contributed by atoms with Gasteiger partial charge in [-0.2, -0.15) is 0 Å². The number of nitrogens with zero attached hydrogens (tertiary/aromatic N) is 1. The fourth-order valence-electron chi connectivity index (χ4n) is 2.03. The molecule has 1 fully saturated rings. The van der Waals surface area contributed by atoms with Crippen molar-refractivity contribution in [3.8, 4) is 0 Å². The topological polar surface area (TPSA) is 84.7 Å². The molecule has 0 aromatic heterocycles. The minimum atomic E-state index is -0.469. The number of nitrogens with two attached hydrogens (primary N) is 1. The van der Waals surface area contributed by atoms with Gasteiger partial charge in [-0.25, -0.2) is 4.79 Å². The summed E-state index contributed by atoms with van der Waals surface area (Å²) < 4.78 is 0. The summed E-state index contributed by atoms with van der Waals surface area (Å²) in [5.74, 6) is 0.269. The summed E-state index contributed by atoms with van der Waals surface area (Å²) in [6, 6.07) is 0. The molecule has 6 heteroatoms. The second-order valence-electron chi connectivity index (χ2n) is 6.34. The van der Waals surface area contributed by atoms with E-state index in [1.807, 2.05) is 20.8 Å². The molecule has 20 heavy (non-hydrogen) atoms. The van der Waals surface area contributed by atoms with Crippen LogP contribution in [-0.4, -0.2) is 43.1 Å². The van der Waals surface area contributed by atoms with Crippen molar-refractivity contribution in [3.63, 3.8) is 0 Å². The zero-order valence-corrected chi connectivity index (χ0v) is 12.8. The van der Waals surface area contributed by atoms with Crippen molar-refractivity contribution >= 4 is 11.9 Å². The Bertz CT molecular complexity index is 331. The number of hydroxylamine groups is 2. The number of carbonyl (C=O) groups is 2. The van der Waals surface area contributed by atoms with Crippen molar-refractivity contribution in [2.75, 3.05) is 26.2 Å². The van der Waals surface area contributed by atoms with Gasteiger partial charge < -0.3 is 15.9 Å². The highest BCUT2D eigenvalue weighted by atomic mass is 16.7. The molecule has 0 aromatic rings. The van der Waals surface area contributed by atoms with Crippen LogP contribution in [0.15, 0.2) is 0 Å². The summed E-state index contributed by atoms with van der Waals surface area (Å²) in [5.41, 5.74) is 4.75. The Morgan fingerprint density at radius 2 is 1.90 bits per heavy atom. The first kappa shape index (κ1) is 16.9. The van der Waals surface area contributed by atoms with Crippen LogP contribution in [0, 0.1) is 11.3 Å². The summed E-state index contributed by atoms with van der Waals surface area (Å²) in [7, 11) is 0. The third kappa shape index (κ3) is 5.88. The number of amides is 1. The highest BCUT2D eigenvalue weighted by Gasteiger charge is 2.28. The van der Waals surface area contributed by atoms with Crippen molar-refractivity contribution in [3.05, 3.63) is 0 Å². The van der Waals surface area contributed by atoms with Gasteiger partial charge in [0.05, 0.1) is 12.0 Å². The van der Waals surface area contributed by atoms with Crippen molar-refractivity contribution in [2.24, 2.45) is 17.1 Å². The summed E-state index contributed by atoms with van der Waals surface area (Å²) in [5, 5.41) is 4.53. The van der Waals surface area contributed by atoms with Gasteiger partial charge in [-0.15, -0.1) is 5.06 Å². The number of piperidine rings is 1. The number of rotatable bonds is 5. The molecule has 1 saturated heterocycles. The van der Waals surface area contributed by atoms with Crippen molar-refractivity contribution in [2.45, 2.75) is 40.0 Å². The molecule has 6 nitrogen and oxygen atoms in total. The molecular weight excluding hydrogens is 258 g/mol. The lowest BCUT2D eigenvalue weighted by Crippen LogP contribution is -2.39. The van der Waals surface area contributed by atoms with E-state index in [4.69, 9.17) is 10.6 Å². The molecule has 0 spiro atoms. The molecule has 0 atom stereocenters. The van der Waals surface area contributed by atoms with E-state index in [-0.39, 0.29) is 18.4 Å². The highest BCUT2D eigenvalue weighted by Crippen LogP contribution is 2.22. The lowest BCUT2D eigenvalue weighted by atomic mass is 9.94. The highest BCUT2D eigenvalue weighted by molar-refractivity contribution is 5.77. The average molecular weight is 285 g/mol. The minimum absolute atomic E-state index is 0.0429. The lowest BCUT2D eigenvalue weighted by Gasteiger charge is -2.32. The molecule has 1 rings (SSSR count). The van der Waals surface area contributed by atoms with Crippen LogP contribution in [0.5, 0.6) is 0 Å². The van der Waals surface area contributed by atoms with Crippen LogP contribution in [-0.2, 0) is 14.4 Å². The maximum atomic E-state index is 11.8. The van der Waals surface area contributed by atoms with Gasteiger partial charge in [0.25, 0.3) is 0 Å². The molecule has 0 aromatic carbocycles. The number of carbonyl (C=O) groups excluding carboxylic acids is 2. The van der Waals surface area contributed by atoms with Gasteiger partial charge >= 0.3 is 5.97 Å². The Labute approximate surface area is 121 Å². The molecule has 1 aliphatic heterocycles. The second-order valence-corrected chi connectivity index (χ2v) is 6.34. The summed E-state index contributed by atoms with van der Waals surface area (Å²) >= 11 is 0. The molecule has 0 aliphatic carbocycles. The van der Waals surface area contributed by atoms with E-state index >= 15 is 0 Å². The number of nitrogens with one attached hydrogen (secondary N) is 1. The van der Waals surface area contributed by atoms with Crippen LogP contribution in [0.1, 0.15) is 40.0 Å². The largest absolute Gasteiger partial charge is 0.367 e. The molecule has 3 N–H and O–H groups in total. The van der Waals surface area contributed by atoms with E-state index in [0.717, 1.165) is 32.4 Å². The van der Waals surface area contributed by atoms with Crippen molar-refractivity contribution in [1.29, 1.82) is 0 Å². The van der Waals surface area contributed by atoms with Gasteiger partial charge in [0.15, 0.2) is 0 Å². The van der Waals surface area contributed by atoms with Gasteiger partial charge in [-0.1, -0.05) is 0 Å². The van der Waals surface area contributed by atoms with Crippen molar-refractivity contribution in [1.82, 2.24) is 10.4 Å². The van der Waals surface area contributed by atoms with E-state index in [2.05, 4.69) is 5.32 Å². The van der Waals surface area contributed by atoms with E-state index in [1.54, 1.807) is 5.06 Å². The molecule has 116 valence electrons. The smallest absolute Gasteiger partial charge is 0.330 e. The molecule has 0 radical (unpaired) electrons. The van der Waals surface area contributed by atoms with Crippen LogP contribution >= 0.6 is 0 Å². The molecule has 1 amide bonds. The third-order valence-electron chi connectivity index (χ3n) is 3.46. The van der Waals surface area contributed by atoms with Crippen LogP contribution < -0.4 is 11.1 Å². The Balaban J connectivity index is 2.20. The standard InChI is InChI=1S/C14H27N3O3/c1-14(2,3)13(19)20-17-8-5-11(6-9-17)4-7-16-12(18)10-15/h11H,4-10,15H2,1-3H3,(H,16,18). The zero-order valence-electron chi connectivity index (χ0n) is 12.8. The predicted octanol–water partition coefficient (Wildman–Crippen LogP) is 0.668. The first-order valence-corrected chi connectivity index (χ1v) is 7.27. The predicted molar refractivity (Wildman–Crippen MR) is 76.5 cm³/mol. The Morgan fingerprint density at radius 1 is 1.30 bits per heavy atom. The summed E-state index contributed by atoms with van der Waals surface area (Å²) in [6.07, 6.45) is 2.92. The monoisotopic (exact) mass is 285 g/mol. The lowest BCUT2D eigenvalue weighted by molar-refractivity contribution is -0.206. The van der Waals surface area contributed by atoms with Crippen LogP contribution in [0.4, 0.5) is 0 Å². The molecule has 0 unspecified atom stereocenters.